The van der Waals surface area contributed by atoms with Crippen molar-refractivity contribution in [3.63, 3.8) is 0 Å². The summed E-state index contributed by atoms with van der Waals surface area (Å²) in [6.45, 7) is 0. The van der Waals surface area contributed by atoms with E-state index in [4.69, 9.17) is 5.73 Å². The van der Waals surface area contributed by atoms with Crippen LogP contribution >= 0.6 is 0 Å². The maximum absolute atomic E-state index is 5.03. The molecule has 0 aliphatic rings. The van der Waals surface area contributed by atoms with Crippen molar-refractivity contribution >= 4 is 5.95 Å². The molecule has 0 atom stereocenters. The molecule has 36 valence electrons. The molecule has 0 radical (unpaired) electrons. The topological polar surface area (TPSA) is 77.6 Å². The average Bonchev–Trinajstić information content (AvgIpc) is 1.69. The molecule has 0 aliphatic carbocycles. The summed E-state index contributed by atoms with van der Waals surface area (Å²) in [6, 6.07) is 0. The van der Waals surface area contributed by atoms with Crippen molar-refractivity contribution in [2.24, 2.45) is 0 Å². The molecule has 0 bridgehead atoms. The minimum absolute atomic E-state index is 0.148. The Hall–Kier alpha value is -1.26. The van der Waals surface area contributed by atoms with Crippen LogP contribution in [0.5, 0.6) is 0 Å². The van der Waals surface area contributed by atoms with Crippen LogP contribution in [0.3, 0.4) is 0 Å². The second-order valence-electron chi connectivity index (χ2n) is 0.908. The van der Waals surface area contributed by atoms with E-state index in [0.29, 0.717) is 0 Å². The molecule has 0 unspecified atom stereocenters. The predicted molar refractivity (Wildman–Crippen MR) is 22.0 cm³/mol. The van der Waals surface area contributed by atoms with Crippen molar-refractivity contribution in [1.29, 1.82) is 0 Å². The SMILES string of the molecule is Nc1ncnnn1. The van der Waals surface area contributed by atoms with Crippen LogP contribution in [0.1, 0.15) is 0 Å². The first-order chi connectivity index (χ1) is 3.39. The molecule has 5 heteroatoms. The van der Waals surface area contributed by atoms with Gasteiger partial charge in [-0.2, -0.15) is 4.98 Å². The summed E-state index contributed by atoms with van der Waals surface area (Å²) in [5.74, 6) is 0.148. The first-order valence-corrected chi connectivity index (χ1v) is 1.65. The van der Waals surface area contributed by atoms with E-state index in [1.165, 1.54) is 6.33 Å². The lowest BCUT2D eigenvalue weighted by Gasteiger charge is -1.79. The lowest BCUT2D eigenvalue weighted by atomic mass is 11.1. The van der Waals surface area contributed by atoms with Gasteiger partial charge < -0.3 is 5.73 Å². The van der Waals surface area contributed by atoms with Gasteiger partial charge in [-0.05, 0) is 5.21 Å². The Bertz CT molecular complexity index is 136. The zero-order valence-corrected chi connectivity index (χ0v) is 3.44. The van der Waals surface area contributed by atoms with Crippen molar-refractivity contribution in [2.75, 3.05) is 5.73 Å². The highest BCUT2D eigenvalue weighted by Crippen LogP contribution is 1.74. The minimum atomic E-state index is 0.148. The van der Waals surface area contributed by atoms with Crippen LogP contribution in [-0.2, 0) is 0 Å². The second-order valence-corrected chi connectivity index (χ2v) is 0.908. The number of nitrogens with zero attached hydrogens (tertiary/aromatic N) is 4. The molecular formula is C2H3N5. The molecule has 0 amide bonds. The lowest BCUT2D eigenvalue weighted by Crippen LogP contribution is -1.96. The quantitative estimate of drug-likeness (QED) is 0.442. The van der Waals surface area contributed by atoms with E-state index in [2.05, 4.69) is 20.4 Å². The zero-order valence-electron chi connectivity index (χ0n) is 3.44. The van der Waals surface area contributed by atoms with E-state index in [9.17, 15) is 0 Å². The van der Waals surface area contributed by atoms with Gasteiger partial charge in [-0.1, -0.05) is 5.10 Å². The van der Waals surface area contributed by atoms with Crippen LogP contribution in [-0.4, -0.2) is 20.4 Å². The van der Waals surface area contributed by atoms with Gasteiger partial charge in [-0.15, -0.1) is 5.10 Å². The van der Waals surface area contributed by atoms with E-state index in [0.717, 1.165) is 0 Å². The summed E-state index contributed by atoms with van der Waals surface area (Å²) in [4.78, 5) is 3.47. The Kier molecular flexibility index (Phi) is 0.816. The Morgan fingerprint density at radius 2 is 2.43 bits per heavy atom. The Labute approximate surface area is 39.6 Å². The van der Waals surface area contributed by atoms with Gasteiger partial charge in [-0.3, -0.25) is 0 Å². The van der Waals surface area contributed by atoms with Gasteiger partial charge in [0.2, 0.25) is 5.95 Å². The van der Waals surface area contributed by atoms with Gasteiger partial charge in [0.15, 0.2) is 0 Å². The normalized spacial score (nSPS) is 8.57. The maximum Gasteiger partial charge on any atom is 0.243 e. The second kappa shape index (κ2) is 1.46. The third-order valence-corrected chi connectivity index (χ3v) is 0.440. The van der Waals surface area contributed by atoms with Crippen molar-refractivity contribution in [1.82, 2.24) is 20.4 Å². The van der Waals surface area contributed by atoms with Gasteiger partial charge in [0.05, 0.1) is 0 Å². The molecule has 0 spiro atoms. The van der Waals surface area contributed by atoms with E-state index in [-0.39, 0.29) is 5.95 Å². The highest BCUT2D eigenvalue weighted by molar-refractivity contribution is 5.06. The van der Waals surface area contributed by atoms with Gasteiger partial charge >= 0.3 is 0 Å². The number of nitrogens with two attached hydrogens (primary N) is 1. The molecule has 1 aromatic rings. The molecule has 1 heterocycles. The molecule has 1 aromatic heterocycles. The molecule has 5 nitrogen and oxygen atoms in total. The third-order valence-electron chi connectivity index (χ3n) is 0.440. The molecule has 1 rings (SSSR count). The molecule has 0 fully saturated rings. The van der Waals surface area contributed by atoms with E-state index in [1.54, 1.807) is 0 Å². The molecule has 0 aliphatic heterocycles. The van der Waals surface area contributed by atoms with Crippen LogP contribution in [0.4, 0.5) is 5.95 Å². The summed E-state index contributed by atoms with van der Waals surface area (Å²) in [5, 5.41) is 9.77. The maximum atomic E-state index is 5.03. The third kappa shape index (κ3) is 0.783. The van der Waals surface area contributed by atoms with Crippen molar-refractivity contribution < 1.29 is 0 Å². The monoisotopic (exact) mass is 97.0 g/mol. The highest BCUT2D eigenvalue weighted by atomic mass is 15.4. The number of rotatable bonds is 0. The fourth-order valence-corrected chi connectivity index (χ4v) is 0.206. The number of anilines is 1. The lowest BCUT2D eigenvalue weighted by molar-refractivity contribution is 0.829. The summed E-state index contributed by atoms with van der Waals surface area (Å²) < 4.78 is 0. The van der Waals surface area contributed by atoms with E-state index < -0.39 is 0 Å². The zero-order chi connectivity index (χ0) is 5.11. The largest absolute Gasteiger partial charge is 0.366 e. The van der Waals surface area contributed by atoms with E-state index in [1.807, 2.05) is 0 Å². The molecule has 0 saturated heterocycles. The standard InChI is InChI=1S/C2H3N5/c3-2-4-1-5-7-6-2/h1H,(H2,3,4,5,6). The summed E-state index contributed by atoms with van der Waals surface area (Å²) in [6.07, 6.45) is 1.24. The highest BCUT2D eigenvalue weighted by Gasteiger charge is 1.78. The van der Waals surface area contributed by atoms with Crippen LogP contribution in [0.2, 0.25) is 0 Å². The fraction of sp³-hybridized carbons (Fsp3) is 0. The first kappa shape index (κ1) is 3.91. The predicted octanol–water partition coefficient (Wildman–Crippen LogP) is -1.15. The van der Waals surface area contributed by atoms with Gasteiger partial charge in [0.25, 0.3) is 0 Å². The number of aromatic nitrogens is 4. The van der Waals surface area contributed by atoms with Crippen molar-refractivity contribution in [2.45, 2.75) is 0 Å². The Morgan fingerprint density at radius 1 is 1.57 bits per heavy atom. The van der Waals surface area contributed by atoms with Crippen LogP contribution in [0.15, 0.2) is 6.33 Å². The van der Waals surface area contributed by atoms with Gasteiger partial charge in [-0.25, -0.2) is 0 Å². The van der Waals surface area contributed by atoms with Gasteiger partial charge in [0, 0.05) is 0 Å². The molecular weight excluding hydrogens is 94.1 g/mol. The average molecular weight is 97.1 g/mol. The molecule has 7 heavy (non-hydrogen) atoms. The van der Waals surface area contributed by atoms with Crippen LogP contribution in [0.25, 0.3) is 0 Å². The summed E-state index contributed by atoms with van der Waals surface area (Å²) in [7, 11) is 0. The fourth-order valence-electron chi connectivity index (χ4n) is 0.206. The van der Waals surface area contributed by atoms with Gasteiger partial charge in [0.1, 0.15) is 6.33 Å². The molecule has 0 aromatic carbocycles. The molecule has 2 N–H and O–H groups in total. The Balaban J connectivity index is 3.02. The Morgan fingerprint density at radius 3 is 2.71 bits per heavy atom. The van der Waals surface area contributed by atoms with E-state index >= 15 is 0 Å². The summed E-state index contributed by atoms with van der Waals surface area (Å²) >= 11 is 0. The van der Waals surface area contributed by atoms with Crippen molar-refractivity contribution in [3.8, 4) is 0 Å². The van der Waals surface area contributed by atoms with Crippen LogP contribution in [0, 0.1) is 0 Å². The number of hydrogen-bond donors (Lipinski definition) is 1. The minimum Gasteiger partial charge on any atom is -0.366 e. The summed E-state index contributed by atoms with van der Waals surface area (Å²) in [5.41, 5.74) is 5.03. The molecule has 0 saturated carbocycles. The smallest absolute Gasteiger partial charge is 0.243 e. The van der Waals surface area contributed by atoms with Crippen molar-refractivity contribution in [3.05, 3.63) is 6.33 Å². The first-order valence-electron chi connectivity index (χ1n) is 1.65. The van der Waals surface area contributed by atoms with Crippen LogP contribution < -0.4 is 5.73 Å². The number of nitrogen functional groups attached to an aromatic ring is 1. The number of hydrogen-bond acceptors (Lipinski definition) is 5.